The summed E-state index contributed by atoms with van der Waals surface area (Å²) >= 11 is 0. The molecule has 14 nitrogen and oxygen atoms in total. The van der Waals surface area contributed by atoms with Gasteiger partial charge >= 0.3 is 30.9 Å². The molecule has 2 atom stereocenters. The number of carboxylic acid groups (broad SMARTS) is 1. The number of carbonyl (C=O) groups excluding carboxylic acids is 4. The quantitative estimate of drug-likeness (QED) is 0.176. The van der Waals surface area contributed by atoms with Crippen LogP contribution in [-0.2, 0) is 20.8 Å². The lowest BCUT2D eigenvalue weighted by Crippen LogP contribution is -2.60. The van der Waals surface area contributed by atoms with E-state index in [1.54, 1.807) is 6.07 Å². The maximum absolute atomic E-state index is 14.8. The zero-order valence-corrected chi connectivity index (χ0v) is 20.9. The smallest absolute Gasteiger partial charge is 0.534 e. The Morgan fingerprint density at radius 3 is 2.60 bits per heavy atom. The van der Waals surface area contributed by atoms with E-state index >= 15 is 0 Å². The number of rotatable bonds is 7. The summed E-state index contributed by atoms with van der Waals surface area (Å²) in [6, 6.07) is 4.18. The molecule has 2 aromatic carbocycles. The number of nitrogens with zero attached hydrogens (tertiary/aromatic N) is 2. The molecule has 0 saturated carbocycles. The Kier molecular flexibility index (Phi) is 8.20. The number of imide groups is 1. The van der Waals surface area contributed by atoms with Crippen LogP contribution in [0.4, 0.5) is 9.18 Å². The molecule has 2 aliphatic rings. The van der Waals surface area contributed by atoms with Gasteiger partial charge < -0.3 is 41.2 Å². The number of aromatic carboxylic acids is 1. The number of aromatic hydroxyl groups is 1. The molecular formula is C24H25BFN5O9. The molecule has 5 amide bonds. The zero-order valence-electron chi connectivity index (χ0n) is 20.9. The number of phenolic OH excluding ortho intramolecular Hbond substituents is 1. The Hall–Kier alpha value is -4.70. The topological polar surface area (TPSA) is 212 Å². The summed E-state index contributed by atoms with van der Waals surface area (Å²) in [7, 11) is -1.70. The lowest BCUT2D eigenvalue weighted by molar-refractivity contribution is -0.153. The van der Waals surface area contributed by atoms with Crippen molar-refractivity contribution in [2.24, 2.45) is 5.73 Å². The maximum Gasteiger partial charge on any atom is 0.547 e. The SMILES string of the molecule is NCCN1CCN(C(=O)N[C@@H](C(=O)N[C@H]2Cc3cccc(C(=O)O)c3OB2O)c2ccc(O)cc2F)C(=O)C1=O. The number of urea groups is 1. The van der Waals surface area contributed by atoms with E-state index in [0.717, 1.165) is 12.1 Å². The largest absolute Gasteiger partial charge is 0.547 e. The van der Waals surface area contributed by atoms with Gasteiger partial charge in [0.15, 0.2) is 0 Å². The van der Waals surface area contributed by atoms with E-state index in [0.29, 0.717) is 16.5 Å². The number of carbonyl (C=O) groups is 5. The van der Waals surface area contributed by atoms with Gasteiger partial charge in [0, 0.05) is 37.8 Å². The fourth-order valence-corrected chi connectivity index (χ4v) is 4.46. The molecule has 2 heterocycles. The number of benzene rings is 2. The van der Waals surface area contributed by atoms with E-state index in [-0.39, 0.29) is 49.5 Å². The highest BCUT2D eigenvalue weighted by Crippen LogP contribution is 2.30. The normalized spacial score (nSPS) is 17.6. The standard InChI is InChI=1S/C24H25BFN5O9/c26-16-11-13(32)4-5-14(16)18(29-24(38)31-9-8-30(7-6-27)21(34)22(31)35)20(33)28-17-10-12-2-1-3-15(23(36)37)19(12)40-25(17)39/h1-5,11,17-18,32,39H,6-10,27H2,(H,28,33)(H,29,38)(H,36,37)/t17-,18+/m0/s1. The van der Waals surface area contributed by atoms with Crippen LogP contribution in [0.2, 0.25) is 0 Å². The summed E-state index contributed by atoms with van der Waals surface area (Å²) in [5.74, 6) is -7.17. The van der Waals surface area contributed by atoms with Gasteiger partial charge in [-0.1, -0.05) is 12.1 Å². The molecule has 0 aromatic heterocycles. The molecule has 210 valence electrons. The minimum absolute atomic E-state index is 0.00295. The molecule has 16 heteroatoms. The van der Waals surface area contributed by atoms with E-state index in [1.165, 1.54) is 17.0 Å². The number of nitrogens with two attached hydrogens (primary N) is 1. The van der Waals surface area contributed by atoms with Crippen LogP contribution in [0.3, 0.4) is 0 Å². The van der Waals surface area contributed by atoms with Gasteiger partial charge in [0.05, 0.1) is 11.5 Å². The highest BCUT2D eigenvalue weighted by Gasteiger charge is 2.41. The van der Waals surface area contributed by atoms with Crippen LogP contribution in [0.25, 0.3) is 0 Å². The summed E-state index contributed by atoms with van der Waals surface area (Å²) in [4.78, 5) is 64.5. The maximum atomic E-state index is 14.8. The van der Waals surface area contributed by atoms with Crippen molar-refractivity contribution >= 4 is 36.8 Å². The minimum Gasteiger partial charge on any atom is -0.534 e. The lowest BCUT2D eigenvalue weighted by atomic mass is 9.72. The van der Waals surface area contributed by atoms with Gasteiger partial charge in [-0.25, -0.2) is 14.0 Å². The molecule has 1 saturated heterocycles. The van der Waals surface area contributed by atoms with E-state index in [1.807, 2.05) is 0 Å². The average Bonchev–Trinajstić information content (AvgIpc) is 2.90. The van der Waals surface area contributed by atoms with Crippen molar-refractivity contribution in [2.45, 2.75) is 18.4 Å². The number of nitrogens with one attached hydrogen (secondary N) is 2. The van der Waals surface area contributed by atoms with Gasteiger partial charge in [-0.3, -0.25) is 19.3 Å². The summed E-state index contributed by atoms with van der Waals surface area (Å²) in [5.41, 5.74) is 5.23. The molecular weight excluding hydrogens is 532 g/mol. The van der Waals surface area contributed by atoms with Crippen LogP contribution in [0.15, 0.2) is 36.4 Å². The molecule has 0 bridgehead atoms. The van der Waals surface area contributed by atoms with Crippen LogP contribution in [-0.4, -0.2) is 94.0 Å². The Morgan fingerprint density at radius 1 is 1.18 bits per heavy atom. The predicted octanol–water partition coefficient (Wildman–Crippen LogP) is -1.25. The number of amides is 5. The first-order chi connectivity index (χ1) is 19.0. The van der Waals surface area contributed by atoms with Crippen LogP contribution in [0.1, 0.15) is 27.5 Å². The number of para-hydroxylation sites is 1. The number of halogens is 1. The van der Waals surface area contributed by atoms with Crippen molar-refractivity contribution in [1.82, 2.24) is 20.4 Å². The van der Waals surface area contributed by atoms with Gasteiger partial charge in [0.25, 0.3) is 0 Å². The van der Waals surface area contributed by atoms with Gasteiger partial charge in [0.1, 0.15) is 23.4 Å². The number of fused-ring (bicyclic) bond motifs is 1. The minimum atomic E-state index is -1.78. The van der Waals surface area contributed by atoms with Gasteiger partial charge in [-0.2, -0.15) is 0 Å². The van der Waals surface area contributed by atoms with Crippen molar-refractivity contribution < 1.29 is 48.3 Å². The molecule has 2 aromatic rings. The van der Waals surface area contributed by atoms with Crippen LogP contribution < -0.4 is 21.0 Å². The molecule has 0 spiro atoms. The summed E-state index contributed by atoms with van der Waals surface area (Å²) in [6.07, 6.45) is -0.0713. The van der Waals surface area contributed by atoms with Crippen molar-refractivity contribution in [3.05, 3.63) is 58.9 Å². The fourth-order valence-electron chi connectivity index (χ4n) is 4.46. The zero-order chi connectivity index (χ0) is 29.1. The molecule has 0 radical (unpaired) electrons. The molecule has 4 rings (SSSR count). The highest BCUT2D eigenvalue weighted by molar-refractivity contribution is 6.47. The fraction of sp³-hybridized carbons (Fsp3) is 0.292. The number of hydrogen-bond donors (Lipinski definition) is 6. The molecule has 0 aliphatic carbocycles. The third-order valence-electron chi connectivity index (χ3n) is 6.46. The number of hydrogen-bond acceptors (Lipinski definition) is 9. The summed E-state index contributed by atoms with van der Waals surface area (Å²) in [5, 5.41) is 34.2. The van der Waals surface area contributed by atoms with Crippen LogP contribution in [0.5, 0.6) is 11.5 Å². The van der Waals surface area contributed by atoms with E-state index in [2.05, 4.69) is 10.6 Å². The molecule has 1 fully saturated rings. The Morgan fingerprint density at radius 2 is 1.93 bits per heavy atom. The molecule has 0 unspecified atom stereocenters. The summed E-state index contributed by atoms with van der Waals surface area (Å²) in [6.45, 7) is 0.00270. The van der Waals surface area contributed by atoms with E-state index in [4.69, 9.17) is 10.4 Å². The Labute approximate surface area is 226 Å². The van der Waals surface area contributed by atoms with Crippen molar-refractivity contribution in [2.75, 3.05) is 26.2 Å². The second kappa shape index (κ2) is 11.6. The highest BCUT2D eigenvalue weighted by atomic mass is 19.1. The van der Waals surface area contributed by atoms with Crippen LogP contribution >= 0.6 is 0 Å². The van der Waals surface area contributed by atoms with Crippen molar-refractivity contribution in [3.63, 3.8) is 0 Å². The third-order valence-corrected chi connectivity index (χ3v) is 6.46. The molecule has 7 N–H and O–H groups in total. The number of piperazine rings is 1. The monoisotopic (exact) mass is 557 g/mol. The lowest BCUT2D eigenvalue weighted by Gasteiger charge is -2.33. The van der Waals surface area contributed by atoms with Gasteiger partial charge in [-0.15, -0.1) is 0 Å². The number of phenols is 1. The Balaban J connectivity index is 1.57. The second-order valence-electron chi connectivity index (χ2n) is 9.05. The van der Waals surface area contributed by atoms with E-state index < -0.39 is 60.4 Å². The van der Waals surface area contributed by atoms with Gasteiger partial charge in [0.2, 0.25) is 5.91 Å². The van der Waals surface area contributed by atoms with Gasteiger partial charge in [-0.05, 0) is 30.2 Å². The average molecular weight is 557 g/mol. The van der Waals surface area contributed by atoms with Crippen molar-refractivity contribution in [3.8, 4) is 11.5 Å². The summed E-state index contributed by atoms with van der Waals surface area (Å²) < 4.78 is 20.2. The predicted molar refractivity (Wildman–Crippen MR) is 134 cm³/mol. The molecule has 2 aliphatic heterocycles. The number of carboxylic acids is 1. The van der Waals surface area contributed by atoms with E-state index in [9.17, 15) is 43.6 Å². The Bertz CT molecular complexity index is 1380. The first-order valence-electron chi connectivity index (χ1n) is 12.1. The molecule has 40 heavy (non-hydrogen) atoms. The first-order valence-corrected chi connectivity index (χ1v) is 12.1. The van der Waals surface area contributed by atoms with Crippen LogP contribution in [0, 0.1) is 5.82 Å². The first kappa shape index (κ1) is 28.3. The van der Waals surface area contributed by atoms with Crippen molar-refractivity contribution in [1.29, 1.82) is 0 Å². The third kappa shape index (κ3) is 5.67. The second-order valence-corrected chi connectivity index (χ2v) is 9.05.